The molecule has 0 spiro atoms. The van der Waals surface area contributed by atoms with Crippen molar-refractivity contribution < 1.29 is 9.13 Å². The van der Waals surface area contributed by atoms with E-state index in [-0.39, 0.29) is 11.8 Å². The van der Waals surface area contributed by atoms with Gasteiger partial charge >= 0.3 is 5.69 Å². The van der Waals surface area contributed by atoms with Crippen LogP contribution in [-0.4, -0.2) is 26.0 Å². The molecule has 3 aromatic rings. The summed E-state index contributed by atoms with van der Waals surface area (Å²) in [5.74, 6) is -0.00461. The van der Waals surface area contributed by atoms with Gasteiger partial charge in [0.2, 0.25) is 0 Å². The lowest BCUT2D eigenvalue weighted by molar-refractivity contribution is 0.242. The second-order valence-corrected chi connectivity index (χ2v) is 4.84. The Balaban J connectivity index is 2.14. The zero-order valence-electron chi connectivity index (χ0n) is 11.5. The Morgan fingerprint density at radius 2 is 2.00 bits per heavy atom. The van der Waals surface area contributed by atoms with E-state index in [4.69, 9.17) is 4.74 Å². The van der Waals surface area contributed by atoms with E-state index in [0.29, 0.717) is 28.3 Å². The minimum atomic E-state index is -0.390. The third kappa shape index (κ3) is 2.62. The summed E-state index contributed by atoms with van der Waals surface area (Å²) >= 11 is 0. The number of imidazole rings is 1. The van der Waals surface area contributed by atoms with Gasteiger partial charge in [0.1, 0.15) is 11.6 Å². The molecule has 0 aliphatic carbocycles. The predicted octanol–water partition coefficient (Wildman–Crippen LogP) is 2.24. The van der Waals surface area contributed by atoms with Crippen LogP contribution in [0.1, 0.15) is 13.8 Å². The fourth-order valence-corrected chi connectivity index (χ4v) is 2.00. The molecule has 0 radical (unpaired) electrons. The molecule has 0 aliphatic rings. The van der Waals surface area contributed by atoms with Gasteiger partial charge in [0.05, 0.1) is 18.0 Å². The number of aromatic amines is 2. The second kappa shape index (κ2) is 5.01. The standard InChI is InChI=1S/C14H13FN4O2/c1-7(2)21-11-5-8(15)3-4-9(11)10-6-16-12-13(17-10)19-14(20)18-12/h3-7H,1-2H3,(H2,16,17,18,19,20). The molecule has 0 saturated carbocycles. The van der Waals surface area contributed by atoms with E-state index in [1.54, 1.807) is 6.07 Å². The van der Waals surface area contributed by atoms with Crippen LogP contribution in [-0.2, 0) is 0 Å². The van der Waals surface area contributed by atoms with Gasteiger partial charge in [-0.1, -0.05) is 0 Å². The van der Waals surface area contributed by atoms with Crippen molar-refractivity contribution in [3.8, 4) is 17.0 Å². The molecule has 0 amide bonds. The van der Waals surface area contributed by atoms with E-state index in [9.17, 15) is 9.18 Å². The quantitative estimate of drug-likeness (QED) is 0.774. The van der Waals surface area contributed by atoms with Crippen LogP contribution in [0.2, 0.25) is 0 Å². The first-order valence-electron chi connectivity index (χ1n) is 6.44. The number of hydrogen-bond acceptors (Lipinski definition) is 4. The molecule has 2 N–H and O–H groups in total. The van der Waals surface area contributed by atoms with E-state index in [2.05, 4.69) is 19.9 Å². The maximum absolute atomic E-state index is 13.4. The van der Waals surface area contributed by atoms with Gasteiger partial charge in [-0.15, -0.1) is 0 Å². The monoisotopic (exact) mass is 288 g/mol. The summed E-state index contributed by atoms with van der Waals surface area (Å²) in [6, 6.07) is 4.21. The third-order valence-corrected chi connectivity index (χ3v) is 2.82. The van der Waals surface area contributed by atoms with Crippen molar-refractivity contribution in [3.05, 3.63) is 40.7 Å². The summed E-state index contributed by atoms with van der Waals surface area (Å²) in [7, 11) is 0. The van der Waals surface area contributed by atoms with Crippen LogP contribution in [0.25, 0.3) is 22.6 Å². The number of fused-ring (bicyclic) bond motifs is 1. The van der Waals surface area contributed by atoms with Crippen LogP contribution in [0.15, 0.2) is 29.2 Å². The van der Waals surface area contributed by atoms with Crippen molar-refractivity contribution in [1.82, 2.24) is 19.9 Å². The molecule has 3 rings (SSSR count). The number of rotatable bonds is 3. The lowest BCUT2D eigenvalue weighted by Crippen LogP contribution is -2.07. The zero-order valence-corrected chi connectivity index (χ0v) is 11.5. The molecule has 0 aliphatic heterocycles. The molecule has 1 aromatic carbocycles. The van der Waals surface area contributed by atoms with Crippen LogP contribution in [0, 0.1) is 5.82 Å². The predicted molar refractivity (Wildman–Crippen MR) is 75.7 cm³/mol. The lowest BCUT2D eigenvalue weighted by Gasteiger charge is -2.13. The van der Waals surface area contributed by atoms with Crippen LogP contribution in [0.3, 0.4) is 0 Å². The summed E-state index contributed by atoms with van der Waals surface area (Å²) in [5, 5.41) is 0. The van der Waals surface area contributed by atoms with Gasteiger partial charge in [-0.3, -0.25) is 9.97 Å². The summed E-state index contributed by atoms with van der Waals surface area (Å²) < 4.78 is 19.0. The normalized spacial score (nSPS) is 11.2. The van der Waals surface area contributed by atoms with Crippen molar-refractivity contribution >= 4 is 11.3 Å². The largest absolute Gasteiger partial charge is 0.490 e. The van der Waals surface area contributed by atoms with Gasteiger partial charge in [-0.2, -0.15) is 0 Å². The Hall–Kier alpha value is -2.70. The van der Waals surface area contributed by atoms with Gasteiger partial charge in [0, 0.05) is 11.6 Å². The summed E-state index contributed by atoms with van der Waals surface area (Å²) in [4.78, 5) is 24.7. The Bertz CT molecular complexity index is 854. The molecule has 0 fully saturated rings. The highest BCUT2D eigenvalue weighted by Crippen LogP contribution is 2.30. The van der Waals surface area contributed by atoms with Gasteiger partial charge in [0.15, 0.2) is 11.3 Å². The number of nitrogens with one attached hydrogen (secondary N) is 2. The lowest BCUT2D eigenvalue weighted by atomic mass is 10.1. The number of hydrogen-bond donors (Lipinski definition) is 2. The Morgan fingerprint density at radius 3 is 2.76 bits per heavy atom. The minimum Gasteiger partial charge on any atom is -0.490 e. The number of H-pyrrole nitrogens is 2. The molecule has 0 unspecified atom stereocenters. The first kappa shape index (κ1) is 13.3. The first-order valence-corrected chi connectivity index (χ1v) is 6.44. The van der Waals surface area contributed by atoms with E-state index in [0.717, 1.165) is 0 Å². The average molecular weight is 288 g/mol. The summed E-state index contributed by atoms with van der Waals surface area (Å²) in [5.41, 5.74) is 1.45. The van der Waals surface area contributed by atoms with E-state index in [1.807, 2.05) is 13.8 Å². The van der Waals surface area contributed by atoms with E-state index in [1.165, 1.54) is 18.3 Å². The minimum absolute atomic E-state index is 0.102. The highest BCUT2D eigenvalue weighted by atomic mass is 19.1. The molecule has 2 heterocycles. The van der Waals surface area contributed by atoms with Crippen molar-refractivity contribution in [2.45, 2.75) is 20.0 Å². The van der Waals surface area contributed by atoms with Gasteiger partial charge in [-0.05, 0) is 26.0 Å². The van der Waals surface area contributed by atoms with Crippen molar-refractivity contribution in [3.63, 3.8) is 0 Å². The maximum atomic E-state index is 13.4. The fraction of sp³-hybridized carbons (Fsp3) is 0.214. The van der Waals surface area contributed by atoms with Crippen molar-refractivity contribution in [2.75, 3.05) is 0 Å². The highest BCUT2D eigenvalue weighted by Gasteiger charge is 2.12. The topological polar surface area (TPSA) is 83.7 Å². The molecular formula is C14H13FN4O2. The summed E-state index contributed by atoms with van der Waals surface area (Å²) in [6.07, 6.45) is 1.40. The molecule has 2 aromatic heterocycles. The van der Waals surface area contributed by atoms with Crippen molar-refractivity contribution in [2.24, 2.45) is 0 Å². The number of benzene rings is 1. The molecule has 6 nitrogen and oxygen atoms in total. The molecule has 108 valence electrons. The molecule has 0 atom stereocenters. The van der Waals surface area contributed by atoms with Crippen LogP contribution in [0.5, 0.6) is 5.75 Å². The second-order valence-electron chi connectivity index (χ2n) is 4.84. The Morgan fingerprint density at radius 1 is 1.24 bits per heavy atom. The first-order chi connectivity index (χ1) is 10.0. The molecular weight excluding hydrogens is 275 g/mol. The van der Waals surface area contributed by atoms with Gasteiger partial charge in [0.25, 0.3) is 0 Å². The number of ether oxygens (including phenoxy) is 1. The average Bonchev–Trinajstić information content (AvgIpc) is 2.77. The van der Waals surface area contributed by atoms with Crippen LogP contribution >= 0.6 is 0 Å². The van der Waals surface area contributed by atoms with E-state index < -0.39 is 5.82 Å². The molecule has 21 heavy (non-hydrogen) atoms. The Kier molecular flexibility index (Phi) is 3.17. The zero-order chi connectivity index (χ0) is 15.0. The van der Waals surface area contributed by atoms with Crippen molar-refractivity contribution in [1.29, 1.82) is 0 Å². The molecule has 0 bridgehead atoms. The van der Waals surface area contributed by atoms with Crippen LogP contribution < -0.4 is 10.4 Å². The van der Waals surface area contributed by atoms with Gasteiger partial charge in [-0.25, -0.2) is 19.2 Å². The number of halogens is 1. The molecule has 7 heteroatoms. The van der Waals surface area contributed by atoms with E-state index >= 15 is 0 Å². The highest BCUT2D eigenvalue weighted by molar-refractivity contribution is 5.73. The third-order valence-electron chi connectivity index (χ3n) is 2.82. The SMILES string of the molecule is CC(C)Oc1cc(F)ccc1-c1cnc2[nH]c(=O)[nH]c2n1. The Labute approximate surface area is 119 Å². The fourth-order valence-electron chi connectivity index (χ4n) is 2.00. The number of nitrogens with zero attached hydrogens (tertiary/aromatic N) is 2. The van der Waals surface area contributed by atoms with Crippen LogP contribution in [0.4, 0.5) is 4.39 Å². The maximum Gasteiger partial charge on any atom is 0.326 e. The smallest absolute Gasteiger partial charge is 0.326 e. The summed E-state index contributed by atoms with van der Waals surface area (Å²) in [6.45, 7) is 3.71. The number of aromatic nitrogens is 4. The van der Waals surface area contributed by atoms with Gasteiger partial charge < -0.3 is 4.74 Å². The molecule has 0 saturated heterocycles.